The lowest BCUT2D eigenvalue weighted by Gasteiger charge is -2.33. The zero-order chi connectivity index (χ0) is 11.6. The van der Waals surface area contributed by atoms with Gasteiger partial charge in [-0.25, -0.2) is 0 Å². The second kappa shape index (κ2) is 4.21. The van der Waals surface area contributed by atoms with E-state index in [4.69, 9.17) is 17.3 Å². The van der Waals surface area contributed by atoms with E-state index in [0.717, 1.165) is 5.56 Å². The first kappa shape index (κ1) is 12.0. The molecule has 0 fully saturated rings. The van der Waals surface area contributed by atoms with Crippen molar-refractivity contribution in [3.8, 4) is 0 Å². The van der Waals surface area contributed by atoms with E-state index in [2.05, 4.69) is 0 Å². The van der Waals surface area contributed by atoms with E-state index >= 15 is 0 Å². The molecule has 1 unspecified atom stereocenters. The lowest BCUT2D eigenvalue weighted by atomic mass is 9.90. The minimum atomic E-state index is -0.828. The first-order chi connectivity index (χ1) is 6.89. The average molecular weight is 227 g/mol. The van der Waals surface area contributed by atoms with Crippen LogP contribution in [-0.2, 0) is 10.3 Å². The number of benzene rings is 1. The lowest BCUT2D eigenvalue weighted by Crippen LogP contribution is -2.49. The third kappa shape index (κ3) is 2.13. The number of carbonyl (C=O) groups excluding carboxylic acids is 1. The molecule has 82 valence electrons. The monoisotopic (exact) mass is 226 g/mol. The minimum Gasteiger partial charge on any atom is -0.368 e. The molecule has 1 aromatic carbocycles. The van der Waals surface area contributed by atoms with Crippen LogP contribution in [-0.4, -0.2) is 24.9 Å². The van der Waals surface area contributed by atoms with Gasteiger partial charge in [0.1, 0.15) is 5.54 Å². The number of primary amides is 1. The van der Waals surface area contributed by atoms with E-state index in [0.29, 0.717) is 5.02 Å². The fourth-order valence-electron chi connectivity index (χ4n) is 1.41. The molecule has 15 heavy (non-hydrogen) atoms. The highest BCUT2D eigenvalue weighted by atomic mass is 35.5. The third-order valence-corrected chi connectivity index (χ3v) is 3.00. The summed E-state index contributed by atoms with van der Waals surface area (Å²) in [4.78, 5) is 13.3. The molecule has 1 atom stereocenters. The quantitative estimate of drug-likeness (QED) is 0.851. The summed E-state index contributed by atoms with van der Waals surface area (Å²) in [5.74, 6) is -0.394. The Labute approximate surface area is 94.8 Å². The summed E-state index contributed by atoms with van der Waals surface area (Å²) in [6.07, 6.45) is 0. The predicted octanol–water partition coefficient (Wildman–Crippen LogP) is 1.60. The van der Waals surface area contributed by atoms with E-state index in [9.17, 15) is 4.79 Å². The van der Waals surface area contributed by atoms with Gasteiger partial charge in [-0.15, -0.1) is 0 Å². The Balaban J connectivity index is 3.28. The standard InChI is InChI=1S/C11H15ClN2O/c1-11(10(13)15,14(2)3)8-5-4-6-9(12)7-8/h4-7H,1-3H3,(H2,13,15). The molecule has 1 rings (SSSR count). The number of likely N-dealkylation sites (N-methyl/N-ethyl adjacent to an activating group) is 1. The average Bonchev–Trinajstić information content (AvgIpc) is 2.15. The lowest BCUT2D eigenvalue weighted by molar-refractivity contribution is -0.128. The Bertz CT molecular complexity index is 379. The summed E-state index contributed by atoms with van der Waals surface area (Å²) in [5.41, 5.74) is 5.40. The number of halogens is 1. The highest BCUT2D eigenvalue weighted by Gasteiger charge is 2.35. The predicted molar refractivity (Wildman–Crippen MR) is 61.7 cm³/mol. The van der Waals surface area contributed by atoms with Gasteiger partial charge < -0.3 is 5.73 Å². The van der Waals surface area contributed by atoms with Gasteiger partial charge in [-0.05, 0) is 38.7 Å². The molecular formula is C11H15ClN2O. The Kier molecular flexibility index (Phi) is 3.37. The number of nitrogens with zero attached hydrogens (tertiary/aromatic N) is 1. The zero-order valence-electron chi connectivity index (χ0n) is 9.12. The highest BCUT2D eigenvalue weighted by Crippen LogP contribution is 2.27. The number of carbonyl (C=O) groups is 1. The van der Waals surface area contributed by atoms with Gasteiger partial charge in [-0.3, -0.25) is 9.69 Å². The fourth-order valence-corrected chi connectivity index (χ4v) is 1.60. The number of hydrogen-bond donors (Lipinski definition) is 1. The summed E-state index contributed by atoms with van der Waals surface area (Å²) >= 11 is 5.89. The van der Waals surface area contributed by atoms with E-state index < -0.39 is 11.4 Å². The van der Waals surface area contributed by atoms with E-state index in [1.807, 2.05) is 26.2 Å². The van der Waals surface area contributed by atoms with Crippen molar-refractivity contribution in [2.45, 2.75) is 12.5 Å². The van der Waals surface area contributed by atoms with Gasteiger partial charge in [-0.1, -0.05) is 23.7 Å². The van der Waals surface area contributed by atoms with Crippen LogP contribution < -0.4 is 5.73 Å². The summed E-state index contributed by atoms with van der Waals surface area (Å²) in [6.45, 7) is 1.78. The van der Waals surface area contributed by atoms with Gasteiger partial charge in [-0.2, -0.15) is 0 Å². The normalized spacial score (nSPS) is 15.0. The van der Waals surface area contributed by atoms with Crippen molar-refractivity contribution >= 4 is 17.5 Å². The van der Waals surface area contributed by atoms with Gasteiger partial charge in [0.15, 0.2) is 0 Å². The first-order valence-electron chi connectivity index (χ1n) is 4.62. The van der Waals surface area contributed by atoms with Crippen LogP contribution in [0.1, 0.15) is 12.5 Å². The molecular weight excluding hydrogens is 212 g/mol. The molecule has 0 bridgehead atoms. The topological polar surface area (TPSA) is 46.3 Å². The Morgan fingerprint density at radius 2 is 2.07 bits per heavy atom. The van der Waals surface area contributed by atoms with Gasteiger partial charge in [0.25, 0.3) is 0 Å². The SMILES string of the molecule is CN(C)C(C)(C(N)=O)c1cccc(Cl)c1. The molecule has 2 N–H and O–H groups in total. The van der Waals surface area contributed by atoms with Gasteiger partial charge in [0.2, 0.25) is 5.91 Å². The van der Waals surface area contributed by atoms with E-state index in [-0.39, 0.29) is 0 Å². The Morgan fingerprint density at radius 1 is 1.47 bits per heavy atom. The van der Waals surface area contributed by atoms with Crippen molar-refractivity contribution < 1.29 is 4.79 Å². The molecule has 0 aliphatic rings. The van der Waals surface area contributed by atoms with Crippen LogP contribution in [0.15, 0.2) is 24.3 Å². The van der Waals surface area contributed by atoms with Crippen molar-refractivity contribution in [2.24, 2.45) is 5.73 Å². The summed E-state index contributed by atoms with van der Waals surface area (Å²) < 4.78 is 0. The van der Waals surface area contributed by atoms with Crippen LogP contribution in [0, 0.1) is 0 Å². The van der Waals surface area contributed by atoms with Crippen molar-refractivity contribution in [3.05, 3.63) is 34.9 Å². The van der Waals surface area contributed by atoms with Gasteiger partial charge in [0.05, 0.1) is 0 Å². The van der Waals surface area contributed by atoms with Crippen molar-refractivity contribution in [1.82, 2.24) is 4.90 Å². The third-order valence-electron chi connectivity index (χ3n) is 2.76. The Morgan fingerprint density at radius 3 is 2.47 bits per heavy atom. The summed E-state index contributed by atoms with van der Waals surface area (Å²) in [6, 6.07) is 7.17. The molecule has 0 aliphatic carbocycles. The van der Waals surface area contributed by atoms with Crippen LogP contribution in [0.25, 0.3) is 0 Å². The molecule has 0 aromatic heterocycles. The molecule has 1 aromatic rings. The molecule has 0 aliphatic heterocycles. The highest BCUT2D eigenvalue weighted by molar-refractivity contribution is 6.30. The van der Waals surface area contributed by atoms with Crippen LogP contribution >= 0.6 is 11.6 Å². The maximum Gasteiger partial charge on any atom is 0.242 e. The first-order valence-corrected chi connectivity index (χ1v) is 5.00. The van der Waals surface area contributed by atoms with E-state index in [1.54, 1.807) is 24.0 Å². The fraction of sp³-hybridized carbons (Fsp3) is 0.364. The van der Waals surface area contributed by atoms with Crippen molar-refractivity contribution in [1.29, 1.82) is 0 Å². The van der Waals surface area contributed by atoms with Crippen LogP contribution in [0.2, 0.25) is 5.02 Å². The van der Waals surface area contributed by atoms with Crippen LogP contribution in [0.4, 0.5) is 0 Å². The van der Waals surface area contributed by atoms with Crippen LogP contribution in [0.5, 0.6) is 0 Å². The maximum absolute atomic E-state index is 11.5. The summed E-state index contributed by atoms with van der Waals surface area (Å²) in [7, 11) is 3.62. The molecule has 0 radical (unpaired) electrons. The van der Waals surface area contributed by atoms with Crippen LogP contribution in [0.3, 0.4) is 0 Å². The zero-order valence-corrected chi connectivity index (χ0v) is 9.88. The van der Waals surface area contributed by atoms with Crippen molar-refractivity contribution in [3.63, 3.8) is 0 Å². The number of hydrogen-bond acceptors (Lipinski definition) is 2. The smallest absolute Gasteiger partial charge is 0.242 e. The summed E-state index contributed by atoms with van der Waals surface area (Å²) in [5, 5.41) is 0.599. The molecule has 3 nitrogen and oxygen atoms in total. The molecule has 4 heteroatoms. The second-order valence-corrected chi connectivity index (χ2v) is 4.28. The number of amides is 1. The van der Waals surface area contributed by atoms with Crippen molar-refractivity contribution in [2.75, 3.05) is 14.1 Å². The maximum atomic E-state index is 11.5. The molecule has 0 saturated heterocycles. The number of nitrogens with two attached hydrogens (primary N) is 1. The minimum absolute atomic E-state index is 0.394. The molecule has 0 heterocycles. The largest absolute Gasteiger partial charge is 0.368 e. The Hall–Kier alpha value is -1.06. The second-order valence-electron chi connectivity index (χ2n) is 3.84. The number of rotatable bonds is 3. The molecule has 1 amide bonds. The van der Waals surface area contributed by atoms with Gasteiger partial charge >= 0.3 is 0 Å². The molecule has 0 spiro atoms. The van der Waals surface area contributed by atoms with E-state index in [1.165, 1.54) is 0 Å². The van der Waals surface area contributed by atoms with Gasteiger partial charge in [0, 0.05) is 5.02 Å². The molecule has 0 saturated carbocycles.